The van der Waals surface area contributed by atoms with E-state index in [2.05, 4.69) is 0 Å². The first-order chi connectivity index (χ1) is 9.13. The lowest BCUT2D eigenvalue weighted by Crippen LogP contribution is -2.24. The highest BCUT2D eigenvalue weighted by atomic mass is 19.1. The van der Waals surface area contributed by atoms with Gasteiger partial charge in [0.1, 0.15) is 5.82 Å². The summed E-state index contributed by atoms with van der Waals surface area (Å²) in [5.41, 5.74) is 0.861. The summed E-state index contributed by atoms with van der Waals surface area (Å²) in [5, 5.41) is 8.68. The first-order valence-electron chi connectivity index (χ1n) is 6.12. The third-order valence-electron chi connectivity index (χ3n) is 3.38. The summed E-state index contributed by atoms with van der Waals surface area (Å²) >= 11 is 0. The second-order valence-electron chi connectivity index (χ2n) is 4.66. The van der Waals surface area contributed by atoms with Gasteiger partial charge in [-0.1, -0.05) is 6.07 Å². The molecule has 1 aromatic carbocycles. The van der Waals surface area contributed by atoms with E-state index in [0.29, 0.717) is 24.2 Å². The number of methoxy groups -OCH3 is 1. The lowest BCUT2D eigenvalue weighted by molar-refractivity contribution is -0.144. The number of nitriles is 1. The van der Waals surface area contributed by atoms with Gasteiger partial charge in [0.15, 0.2) is 0 Å². The first kappa shape index (κ1) is 13.5. The van der Waals surface area contributed by atoms with Gasteiger partial charge in [-0.05, 0) is 25.1 Å². The van der Waals surface area contributed by atoms with E-state index in [9.17, 15) is 9.18 Å². The number of rotatable bonds is 3. The number of ether oxygens (including phenoxy) is 1. The largest absolute Gasteiger partial charge is 0.469 e. The van der Waals surface area contributed by atoms with Crippen LogP contribution in [0, 0.1) is 23.1 Å². The van der Waals surface area contributed by atoms with Crippen molar-refractivity contribution in [3.63, 3.8) is 0 Å². The number of carbonyl (C=O) groups is 1. The number of hydrogen-bond donors (Lipinski definition) is 0. The second-order valence-corrected chi connectivity index (χ2v) is 4.66. The molecule has 0 saturated carbocycles. The highest BCUT2D eigenvalue weighted by Gasteiger charge is 2.29. The number of halogens is 1. The number of likely N-dealkylation sites (tertiary alicyclic amines) is 1. The van der Waals surface area contributed by atoms with E-state index >= 15 is 0 Å². The van der Waals surface area contributed by atoms with Gasteiger partial charge in [-0.3, -0.25) is 9.69 Å². The van der Waals surface area contributed by atoms with E-state index < -0.39 is 0 Å². The quantitative estimate of drug-likeness (QED) is 0.778. The van der Waals surface area contributed by atoms with E-state index in [1.807, 2.05) is 11.0 Å². The molecule has 0 aromatic heterocycles. The molecule has 1 unspecified atom stereocenters. The number of esters is 1. The molecule has 0 amide bonds. The smallest absolute Gasteiger partial charge is 0.310 e. The van der Waals surface area contributed by atoms with Gasteiger partial charge in [-0.2, -0.15) is 5.26 Å². The minimum atomic E-state index is -0.374. The van der Waals surface area contributed by atoms with E-state index in [0.717, 1.165) is 13.0 Å². The Bertz CT molecular complexity index is 525. The third kappa shape index (κ3) is 3.09. The molecule has 0 spiro atoms. The molecule has 19 heavy (non-hydrogen) atoms. The molecule has 0 N–H and O–H groups in total. The molecule has 0 aliphatic carbocycles. The van der Waals surface area contributed by atoms with Gasteiger partial charge in [0, 0.05) is 18.7 Å². The molecule has 0 bridgehead atoms. The summed E-state index contributed by atoms with van der Waals surface area (Å²) in [7, 11) is 1.38. The molecule has 2 rings (SSSR count). The van der Waals surface area contributed by atoms with Crippen molar-refractivity contribution >= 4 is 5.97 Å². The standard InChI is InChI=1S/C14H15FN2O2/c1-19-14(18)12-4-5-17(9-12)8-11-3-2-10(7-16)6-13(11)15/h2-3,6,12H,4-5,8-9H2,1H3. The Morgan fingerprint density at radius 2 is 2.42 bits per heavy atom. The Hall–Kier alpha value is -1.93. The minimum absolute atomic E-state index is 0.119. The van der Waals surface area contributed by atoms with Crippen LogP contribution >= 0.6 is 0 Å². The summed E-state index contributed by atoms with van der Waals surface area (Å²) in [6.45, 7) is 1.79. The van der Waals surface area contributed by atoms with Crippen molar-refractivity contribution in [2.45, 2.75) is 13.0 Å². The lowest BCUT2D eigenvalue weighted by atomic mass is 10.1. The fourth-order valence-electron chi connectivity index (χ4n) is 2.32. The minimum Gasteiger partial charge on any atom is -0.469 e. The normalized spacial score (nSPS) is 19.1. The maximum absolute atomic E-state index is 13.7. The maximum Gasteiger partial charge on any atom is 0.310 e. The fraction of sp³-hybridized carbons (Fsp3) is 0.429. The topological polar surface area (TPSA) is 53.3 Å². The molecule has 1 heterocycles. The Morgan fingerprint density at radius 3 is 3.05 bits per heavy atom. The zero-order valence-electron chi connectivity index (χ0n) is 10.7. The number of nitrogens with zero attached hydrogens (tertiary/aromatic N) is 2. The van der Waals surface area contributed by atoms with Gasteiger partial charge < -0.3 is 4.74 Å². The molecule has 0 radical (unpaired) electrons. The number of hydrogen-bond acceptors (Lipinski definition) is 4. The highest BCUT2D eigenvalue weighted by Crippen LogP contribution is 2.21. The summed E-state index contributed by atoms with van der Waals surface area (Å²) in [6.07, 6.45) is 0.741. The zero-order chi connectivity index (χ0) is 13.8. The molecular weight excluding hydrogens is 247 g/mol. The predicted molar refractivity (Wildman–Crippen MR) is 66.5 cm³/mol. The highest BCUT2D eigenvalue weighted by molar-refractivity contribution is 5.72. The van der Waals surface area contributed by atoms with E-state index in [1.54, 1.807) is 12.1 Å². The Balaban J connectivity index is 2.00. The van der Waals surface area contributed by atoms with Crippen molar-refractivity contribution in [3.05, 3.63) is 35.1 Å². The second kappa shape index (κ2) is 5.81. The molecule has 4 nitrogen and oxygen atoms in total. The van der Waals surface area contributed by atoms with Crippen LogP contribution in [0.5, 0.6) is 0 Å². The van der Waals surface area contributed by atoms with E-state index in [1.165, 1.54) is 13.2 Å². The van der Waals surface area contributed by atoms with Crippen LogP contribution in [0.15, 0.2) is 18.2 Å². The average molecular weight is 262 g/mol. The SMILES string of the molecule is COC(=O)C1CCN(Cc2ccc(C#N)cc2F)C1. The van der Waals surface area contributed by atoms with Gasteiger partial charge in [-0.15, -0.1) is 0 Å². The van der Waals surface area contributed by atoms with Crippen molar-refractivity contribution in [1.29, 1.82) is 5.26 Å². The van der Waals surface area contributed by atoms with Crippen LogP contribution in [-0.2, 0) is 16.1 Å². The maximum atomic E-state index is 13.7. The number of benzene rings is 1. The van der Waals surface area contributed by atoms with Gasteiger partial charge in [-0.25, -0.2) is 4.39 Å². The zero-order valence-corrected chi connectivity index (χ0v) is 10.7. The molecular formula is C14H15FN2O2. The average Bonchev–Trinajstić information content (AvgIpc) is 2.88. The van der Waals surface area contributed by atoms with Crippen LogP contribution in [0.25, 0.3) is 0 Å². The van der Waals surface area contributed by atoms with Crippen LogP contribution in [0.4, 0.5) is 4.39 Å². The molecule has 1 saturated heterocycles. The van der Waals surface area contributed by atoms with Crippen molar-refractivity contribution in [3.8, 4) is 6.07 Å². The summed E-state index contributed by atoms with van der Waals surface area (Å²) < 4.78 is 18.5. The molecule has 1 aromatic rings. The lowest BCUT2D eigenvalue weighted by Gasteiger charge is -2.16. The summed E-state index contributed by atoms with van der Waals surface area (Å²) in [4.78, 5) is 13.4. The fourth-order valence-corrected chi connectivity index (χ4v) is 2.32. The van der Waals surface area contributed by atoms with Crippen LogP contribution in [0.2, 0.25) is 0 Å². The van der Waals surface area contributed by atoms with Crippen LogP contribution < -0.4 is 0 Å². The predicted octanol–water partition coefficient (Wildman–Crippen LogP) is 1.69. The summed E-state index contributed by atoms with van der Waals surface area (Å²) in [6, 6.07) is 6.37. The third-order valence-corrected chi connectivity index (χ3v) is 3.38. The van der Waals surface area contributed by atoms with Gasteiger partial charge in [0.05, 0.1) is 24.7 Å². The molecule has 5 heteroatoms. The van der Waals surface area contributed by atoms with Crippen molar-refractivity contribution in [2.75, 3.05) is 20.2 Å². The summed E-state index contributed by atoms with van der Waals surface area (Å²) in [5.74, 6) is -0.699. The molecule has 1 aliphatic heterocycles. The van der Waals surface area contributed by atoms with Crippen LogP contribution in [0.1, 0.15) is 17.5 Å². The van der Waals surface area contributed by atoms with E-state index in [4.69, 9.17) is 10.00 Å². The van der Waals surface area contributed by atoms with Gasteiger partial charge in [0.25, 0.3) is 0 Å². The van der Waals surface area contributed by atoms with Crippen molar-refractivity contribution < 1.29 is 13.9 Å². The van der Waals surface area contributed by atoms with Crippen LogP contribution in [0.3, 0.4) is 0 Å². The van der Waals surface area contributed by atoms with Gasteiger partial charge >= 0.3 is 5.97 Å². The molecule has 1 aliphatic rings. The monoisotopic (exact) mass is 262 g/mol. The molecule has 100 valence electrons. The van der Waals surface area contributed by atoms with Crippen molar-refractivity contribution in [2.24, 2.45) is 5.92 Å². The van der Waals surface area contributed by atoms with Gasteiger partial charge in [0.2, 0.25) is 0 Å². The Morgan fingerprint density at radius 1 is 1.63 bits per heavy atom. The van der Waals surface area contributed by atoms with Crippen molar-refractivity contribution in [1.82, 2.24) is 4.90 Å². The molecule has 1 fully saturated rings. The van der Waals surface area contributed by atoms with Crippen LogP contribution in [-0.4, -0.2) is 31.1 Å². The Labute approximate surface area is 111 Å². The number of carbonyl (C=O) groups excluding carboxylic acids is 1. The molecule has 1 atom stereocenters. The first-order valence-corrected chi connectivity index (χ1v) is 6.12. The van der Waals surface area contributed by atoms with E-state index in [-0.39, 0.29) is 17.7 Å². The Kier molecular flexibility index (Phi) is 4.13.